The van der Waals surface area contributed by atoms with Crippen LogP contribution in [0, 0.1) is 6.92 Å². The van der Waals surface area contributed by atoms with Gasteiger partial charge in [-0.25, -0.2) is 9.78 Å². The standard InChI is InChI=1S/C22H22ClN5O2S/c1-15-5-7-17(8-6-15)24-21(30)26-22-25-19(14-31-22)20(29)28-11-9-27(10-12-28)18-4-2-3-16(23)13-18/h2-8,13-14H,9-12H2,1H3,(H2,24,25,26,30). The minimum absolute atomic E-state index is 0.131. The molecule has 0 bridgehead atoms. The Labute approximate surface area is 189 Å². The first-order valence-corrected chi connectivity index (χ1v) is 11.1. The average molecular weight is 456 g/mol. The van der Waals surface area contributed by atoms with Crippen LogP contribution in [0.3, 0.4) is 0 Å². The summed E-state index contributed by atoms with van der Waals surface area (Å²) in [5.41, 5.74) is 3.20. The number of nitrogens with one attached hydrogen (secondary N) is 2. The molecule has 3 amide bonds. The van der Waals surface area contributed by atoms with Gasteiger partial charge in [0.05, 0.1) is 0 Å². The van der Waals surface area contributed by atoms with E-state index in [-0.39, 0.29) is 5.91 Å². The Morgan fingerprint density at radius 1 is 1.03 bits per heavy atom. The van der Waals surface area contributed by atoms with E-state index in [9.17, 15) is 9.59 Å². The van der Waals surface area contributed by atoms with Gasteiger partial charge in [0.25, 0.3) is 5.91 Å². The second-order valence-electron chi connectivity index (χ2n) is 7.24. The van der Waals surface area contributed by atoms with Crippen molar-refractivity contribution in [2.75, 3.05) is 41.7 Å². The van der Waals surface area contributed by atoms with Crippen LogP contribution >= 0.6 is 22.9 Å². The highest BCUT2D eigenvalue weighted by molar-refractivity contribution is 7.14. The van der Waals surface area contributed by atoms with Crippen LogP contribution < -0.4 is 15.5 Å². The van der Waals surface area contributed by atoms with Crippen molar-refractivity contribution < 1.29 is 9.59 Å². The average Bonchev–Trinajstić information content (AvgIpc) is 3.23. The second kappa shape index (κ2) is 9.36. The number of carbonyl (C=O) groups excluding carboxylic acids is 2. The summed E-state index contributed by atoms with van der Waals surface area (Å²) in [6.45, 7) is 4.62. The lowest BCUT2D eigenvalue weighted by molar-refractivity contribution is 0.0741. The molecule has 0 saturated carbocycles. The summed E-state index contributed by atoms with van der Waals surface area (Å²) in [6.07, 6.45) is 0. The quantitative estimate of drug-likeness (QED) is 0.597. The number of thiazole rings is 1. The Morgan fingerprint density at radius 2 is 1.77 bits per heavy atom. The van der Waals surface area contributed by atoms with E-state index in [2.05, 4.69) is 20.5 Å². The third kappa shape index (κ3) is 5.34. The highest BCUT2D eigenvalue weighted by Crippen LogP contribution is 2.22. The van der Waals surface area contributed by atoms with Gasteiger partial charge in [-0.2, -0.15) is 0 Å². The molecule has 2 heterocycles. The van der Waals surface area contributed by atoms with Crippen LogP contribution in [0.5, 0.6) is 0 Å². The van der Waals surface area contributed by atoms with Crippen molar-refractivity contribution in [1.29, 1.82) is 0 Å². The Kier molecular flexibility index (Phi) is 6.39. The predicted octanol–water partition coefficient (Wildman–Crippen LogP) is 4.71. The van der Waals surface area contributed by atoms with Crippen molar-refractivity contribution in [3.05, 3.63) is 70.2 Å². The van der Waals surface area contributed by atoms with Gasteiger partial charge in [-0.3, -0.25) is 10.1 Å². The lowest BCUT2D eigenvalue weighted by atomic mass is 10.2. The summed E-state index contributed by atoms with van der Waals surface area (Å²) < 4.78 is 0. The molecular weight excluding hydrogens is 434 g/mol. The molecule has 160 valence electrons. The molecule has 1 fully saturated rings. The van der Waals surface area contributed by atoms with Crippen LogP contribution in [0.1, 0.15) is 16.1 Å². The smallest absolute Gasteiger partial charge is 0.325 e. The number of hydrogen-bond acceptors (Lipinski definition) is 5. The van der Waals surface area contributed by atoms with Crippen molar-refractivity contribution in [1.82, 2.24) is 9.88 Å². The van der Waals surface area contributed by atoms with Crippen LogP contribution in [0.2, 0.25) is 5.02 Å². The number of halogens is 1. The minimum atomic E-state index is -0.396. The van der Waals surface area contributed by atoms with E-state index >= 15 is 0 Å². The molecule has 2 aromatic carbocycles. The monoisotopic (exact) mass is 455 g/mol. The van der Waals surface area contributed by atoms with Crippen LogP contribution in [-0.4, -0.2) is 48.0 Å². The largest absolute Gasteiger partial charge is 0.368 e. The fourth-order valence-electron chi connectivity index (χ4n) is 3.33. The maximum atomic E-state index is 12.8. The van der Waals surface area contributed by atoms with Crippen molar-refractivity contribution in [2.45, 2.75) is 6.92 Å². The summed E-state index contributed by atoms with van der Waals surface area (Å²) in [4.78, 5) is 33.3. The Hall–Kier alpha value is -3.10. The number of aromatic nitrogens is 1. The van der Waals surface area contributed by atoms with E-state index in [4.69, 9.17) is 11.6 Å². The molecule has 0 atom stereocenters. The summed E-state index contributed by atoms with van der Waals surface area (Å²) in [5, 5.41) is 8.19. The molecule has 3 aromatic rings. The van der Waals surface area contributed by atoms with E-state index in [1.807, 2.05) is 55.5 Å². The fourth-order valence-corrected chi connectivity index (χ4v) is 4.19. The van der Waals surface area contributed by atoms with Crippen LogP contribution in [0.4, 0.5) is 21.3 Å². The van der Waals surface area contributed by atoms with Gasteiger partial charge in [-0.1, -0.05) is 35.4 Å². The predicted molar refractivity (Wildman–Crippen MR) is 126 cm³/mol. The first-order chi connectivity index (χ1) is 15.0. The number of benzene rings is 2. The third-order valence-corrected chi connectivity index (χ3v) is 5.99. The number of amides is 3. The molecule has 0 unspecified atom stereocenters. The van der Waals surface area contributed by atoms with Gasteiger partial charge >= 0.3 is 6.03 Å². The number of piperazine rings is 1. The number of nitrogens with zero attached hydrogens (tertiary/aromatic N) is 3. The van der Waals surface area contributed by atoms with Gasteiger partial charge in [0.15, 0.2) is 5.13 Å². The number of urea groups is 1. The van der Waals surface area contributed by atoms with Crippen LogP contribution in [0.15, 0.2) is 53.9 Å². The lowest BCUT2D eigenvalue weighted by Gasteiger charge is -2.35. The van der Waals surface area contributed by atoms with E-state index < -0.39 is 6.03 Å². The SMILES string of the molecule is Cc1ccc(NC(=O)Nc2nc(C(=O)N3CCN(c4cccc(Cl)c4)CC3)cs2)cc1. The number of anilines is 3. The van der Waals surface area contributed by atoms with Gasteiger partial charge < -0.3 is 15.1 Å². The number of aryl methyl sites for hydroxylation is 1. The zero-order valence-electron chi connectivity index (χ0n) is 17.0. The van der Waals surface area contributed by atoms with E-state index in [1.165, 1.54) is 11.3 Å². The van der Waals surface area contributed by atoms with Crippen molar-refractivity contribution in [2.24, 2.45) is 0 Å². The molecule has 0 spiro atoms. The Bertz CT molecular complexity index is 1080. The molecule has 31 heavy (non-hydrogen) atoms. The summed E-state index contributed by atoms with van der Waals surface area (Å²) >= 11 is 7.31. The fraction of sp³-hybridized carbons (Fsp3) is 0.227. The molecule has 1 aromatic heterocycles. The molecule has 4 rings (SSSR count). The lowest BCUT2D eigenvalue weighted by Crippen LogP contribution is -2.48. The Balaban J connectivity index is 1.31. The van der Waals surface area contributed by atoms with Gasteiger partial charge in [0.1, 0.15) is 5.69 Å². The first kappa shape index (κ1) is 21.1. The molecule has 1 aliphatic heterocycles. The molecule has 0 radical (unpaired) electrons. The molecule has 0 aliphatic carbocycles. The topological polar surface area (TPSA) is 77.6 Å². The van der Waals surface area contributed by atoms with Crippen molar-refractivity contribution >= 4 is 51.4 Å². The third-order valence-electron chi connectivity index (χ3n) is 4.99. The summed E-state index contributed by atoms with van der Waals surface area (Å²) in [5.74, 6) is -0.131. The molecule has 9 heteroatoms. The number of rotatable bonds is 4. The zero-order chi connectivity index (χ0) is 21.8. The van der Waals surface area contributed by atoms with Gasteiger partial charge in [0.2, 0.25) is 0 Å². The highest BCUT2D eigenvalue weighted by atomic mass is 35.5. The van der Waals surface area contributed by atoms with Crippen molar-refractivity contribution in [3.63, 3.8) is 0 Å². The van der Waals surface area contributed by atoms with Crippen molar-refractivity contribution in [3.8, 4) is 0 Å². The first-order valence-electron chi connectivity index (χ1n) is 9.88. The molecular formula is C22H22ClN5O2S. The molecule has 1 aliphatic rings. The van der Waals surface area contributed by atoms with E-state index in [0.29, 0.717) is 34.6 Å². The van der Waals surface area contributed by atoms with Gasteiger partial charge in [-0.05, 0) is 37.3 Å². The summed E-state index contributed by atoms with van der Waals surface area (Å²) in [6, 6.07) is 14.8. The Morgan fingerprint density at radius 3 is 2.48 bits per heavy atom. The highest BCUT2D eigenvalue weighted by Gasteiger charge is 2.24. The van der Waals surface area contributed by atoms with E-state index in [0.717, 1.165) is 24.3 Å². The van der Waals surface area contributed by atoms with Gasteiger partial charge in [0, 0.05) is 48.0 Å². The van der Waals surface area contributed by atoms with Crippen LogP contribution in [-0.2, 0) is 0 Å². The number of carbonyl (C=O) groups is 2. The zero-order valence-corrected chi connectivity index (χ0v) is 18.5. The van der Waals surface area contributed by atoms with Crippen LogP contribution in [0.25, 0.3) is 0 Å². The maximum absolute atomic E-state index is 12.8. The molecule has 1 saturated heterocycles. The normalized spacial score (nSPS) is 13.7. The molecule has 7 nitrogen and oxygen atoms in total. The van der Waals surface area contributed by atoms with Gasteiger partial charge in [-0.15, -0.1) is 11.3 Å². The minimum Gasteiger partial charge on any atom is -0.368 e. The maximum Gasteiger partial charge on any atom is 0.325 e. The second-order valence-corrected chi connectivity index (χ2v) is 8.54. The summed E-state index contributed by atoms with van der Waals surface area (Å²) in [7, 11) is 0. The number of hydrogen-bond donors (Lipinski definition) is 2. The van der Waals surface area contributed by atoms with E-state index in [1.54, 1.807) is 10.3 Å². The molecule has 2 N–H and O–H groups in total.